The van der Waals surface area contributed by atoms with Crippen LogP contribution in [0.15, 0.2) is 30.5 Å². The number of hydrogen-bond donors (Lipinski definition) is 1. The third kappa shape index (κ3) is 0.865. The van der Waals surface area contributed by atoms with E-state index < -0.39 is 0 Å². The molecule has 1 N–H and O–H groups in total. The van der Waals surface area contributed by atoms with Gasteiger partial charge >= 0.3 is 0 Å². The van der Waals surface area contributed by atoms with E-state index in [1.54, 1.807) is 6.20 Å². The quantitative estimate of drug-likeness (QED) is 0.673. The molecule has 1 aliphatic heterocycles. The van der Waals surface area contributed by atoms with Crippen LogP contribution in [-0.4, -0.2) is 10.9 Å². The van der Waals surface area contributed by atoms with E-state index in [0.717, 1.165) is 22.0 Å². The standard InChI is InChI=1S/C11H8N2O/c14-11-8-4-3-7-2-1-5-12-10(7)9(8)6-13-11/h1-5H,6H2,(H,13,14). The van der Waals surface area contributed by atoms with Crippen LogP contribution in [0.25, 0.3) is 10.9 Å². The van der Waals surface area contributed by atoms with Crippen molar-refractivity contribution in [1.29, 1.82) is 0 Å². The Morgan fingerprint density at radius 3 is 3.14 bits per heavy atom. The second-order valence-electron chi connectivity index (χ2n) is 3.35. The first-order chi connectivity index (χ1) is 6.86. The van der Waals surface area contributed by atoms with Crippen molar-refractivity contribution < 1.29 is 4.79 Å². The normalized spacial score (nSPS) is 14.1. The summed E-state index contributed by atoms with van der Waals surface area (Å²) in [5, 5.41) is 3.88. The van der Waals surface area contributed by atoms with Crippen molar-refractivity contribution >= 4 is 16.8 Å². The average molecular weight is 184 g/mol. The van der Waals surface area contributed by atoms with Gasteiger partial charge in [0, 0.05) is 29.3 Å². The lowest BCUT2D eigenvalue weighted by Gasteiger charge is -2.00. The summed E-state index contributed by atoms with van der Waals surface area (Å²) in [5.74, 6) is 0.00699. The number of amides is 1. The van der Waals surface area contributed by atoms with Gasteiger partial charge in [0.2, 0.25) is 0 Å². The molecule has 0 aliphatic carbocycles. The van der Waals surface area contributed by atoms with Crippen LogP contribution in [0.2, 0.25) is 0 Å². The Kier molecular flexibility index (Phi) is 1.36. The van der Waals surface area contributed by atoms with Crippen LogP contribution in [-0.2, 0) is 6.54 Å². The van der Waals surface area contributed by atoms with E-state index in [1.807, 2.05) is 24.3 Å². The Morgan fingerprint density at radius 2 is 2.21 bits per heavy atom. The van der Waals surface area contributed by atoms with E-state index in [2.05, 4.69) is 10.3 Å². The van der Waals surface area contributed by atoms with Gasteiger partial charge in [0.25, 0.3) is 5.91 Å². The molecule has 0 saturated heterocycles. The fourth-order valence-electron chi connectivity index (χ4n) is 1.86. The first kappa shape index (κ1) is 7.50. The van der Waals surface area contributed by atoms with Crippen molar-refractivity contribution in [1.82, 2.24) is 10.3 Å². The molecule has 1 aliphatic rings. The van der Waals surface area contributed by atoms with Gasteiger partial charge in [0.05, 0.1) is 5.52 Å². The lowest BCUT2D eigenvalue weighted by molar-refractivity contribution is 0.0966. The van der Waals surface area contributed by atoms with Gasteiger partial charge in [-0.05, 0) is 12.1 Å². The third-order valence-electron chi connectivity index (χ3n) is 2.55. The van der Waals surface area contributed by atoms with Crippen molar-refractivity contribution in [3.8, 4) is 0 Å². The molecule has 3 heteroatoms. The summed E-state index contributed by atoms with van der Waals surface area (Å²) >= 11 is 0. The first-order valence-electron chi connectivity index (χ1n) is 4.51. The molecule has 3 rings (SSSR count). The Balaban J connectivity index is 2.44. The van der Waals surface area contributed by atoms with Crippen molar-refractivity contribution in [2.45, 2.75) is 6.54 Å². The highest BCUT2D eigenvalue weighted by Crippen LogP contribution is 2.23. The predicted molar refractivity (Wildman–Crippen MR) is 52.9 cm³/mol. The highest BCUT2D eigenvalue weighted by atomic mass is 16.1. The molecule has 1 aromatic carbocycles. The number of carbonyl (C=O) groups is 1. The second kappa shape index (κ2) is 2.54. The molecule has 68 valence electrons. The van der Waals surface area contributed by atoms with E-state index in [9.17, 15) is 4.79 Å². The number of rotatable bonds is 0. The van der Waals surface area contributed by atoms with Crippen LogP contribution in [0.1, 0.15) is 15.9 Å². The summed E-state index contributed by atoms with van der Waals surface area (Å²) in [6, 6.07) is 7.71. The fraction of sp³-hybridized carbons (Fsp3) is 0.0909. The smallest absolute Gasteiger partial charge is 0.251 e. The molecule has 0 radical (unpaired) electrons. The number of hydrogen-bond acceptors (Lipinski definition) is 2. The van der Waals surface area contributed by atoms with Crippen molar-refractivity contribution in [3.63, 3.8) is 0 Å². The maximum atomic E-state index is 11.4. The number of nitrogens with zero attached hydrogens (tertiary/aromatic N) is 1. The molecule has 1 amide bonds. The van der Waals surface area contributed by atoms with Gasteiger partial charge in [0.1, 0.15) is 0 Å². The van der Waals surface area contributed by atoms with Gasteiger partial charge in [0.15, 0.2) is 0 Å². The minimum Gasteiger partial charge on any atom is -0.348 e. The van der Waals surface area contributed by atoms with E-state index in [1.165, 1.54) is 0 Å². The highest BCUT2D eigenvalue weighted by molar-refractivity contribution is 6.03. The van der Waals surface area contributed by atoms with Gasteiger partial charge < -0.3 is 5.32 Å². The molecule has 0 bridgehead atoms. The molecule has 0 spiro atoms. The Hall–Kier alpha value is -1.90. The summed E-state index contributed by atoms with van der Waals surface area (Å²) < 4.78 is 0. The van der Waals surface area contributed by atoms with E-state index >= 15 is 0 Å². The molecule has 0 unspecified atom stereocenters. The fourth-order valence-corrected chi connectivity index (χ4v) is 1.86. The summed E-state index contributed by atoms with van der Waals surface area (Å²) in [7, 11) is 0. The molecule has 14 heavy (non-hydrogen) atoms. The lowest BCUT2D eigenvalue weighted by Crippen LogP contribution is -2.12. The lowest BCUT2D eigenvalue weighted by atomic mass is 10.1. The van der Waals surface area contributed by atoms with Crippen LogP contribution in [0.4, 0.5) is 0 Å². The Labute approximate surface area is 80.8 Å². The van der Waals surface area contributed by atoms with Gasteiger partial charge in [-0.1, -0.05) is 12.1 Å². The Morgan fingerprint density at radius 1 is 1.29 bits per heavy atom. The monoisotopic (exact) mass is 184 g/mol. The van der Waals surface area contributed by atoms with Crippen molar-refractivity contribution in [2.75, 3.05) is 0 Å². The number of fused-ring (bicyclic) bond motifs is 3. The molecule has 1 aromatic heterocycles. The van der Waals surface area contributed by atoms with Gasteiger partial charge in [-0.3, -0.25) is 9.78 Å². The first-order valence-corrected chi connectivity index (χ1v) is 4.51. The highest BCUT2D eigenvalue weighted by Gasteiger charge is 2.20. The third-order valence-corrected chi connectivity index (χ3v) is 2.55. The molecular formula is C11H8N2O. The maximum absolute atomic E-state index is 11.4. The number of pyridine rings is 1. The number of nitrogens with one attached hydrogen (secondary N) is 1. The zero-order valence-corrected chi connectivity index (χ0v) is 7.45. The van der Waals surface area contributed by atoms with Gasteiger partial charge in [-0.2, -0.15) is 0 Å². The number of aromatic nitrogens is 1. The van der Waals surface area contributed by atoms with Crippen LogP contribution in [0.5, 0.6) is 0 Å². The SMILES string of the molecule is O=C1NCc2c1ccc1cccnc21. The van der Waals surface area contributed by atoms with E-state index in [4.69, 9.17) is 0 Å². The van der Waals surface area contributed by atoms with Crippen LogP contribution in [0, 0.1) is 0 Å². The molecule has 0 atom stereocenters. The van der Waals surface area contributed by atoms with Crippen molar-refractivity contribution in [2.24, 2.45) is 0 Å². The summed E-state index contributed by atoms with van der Waals surface area (Å²) in [4.78, 5) is 15.7. The molecule has 0 fully saturated rings. The predicted octanol–water partition coefficient (Wildman–Crippen LogP) is 1.48. The summed E-state index contributed by atoms with van der Waals surface area (Å²) in [6.45, 7) is 0.600. The largest absolute Gasteiger partial charge is 0.348 e. The topological polar surface area (TPSA) is 42.0 Å². The summed E-state index contributed by atoms with van der Waals surface area (Å²) in [5.41, 5.74) is 2.72. The number of carbonyl (C=O) groups excluding carboxylic acids is 1. The maximum Gasteiger partial charge on any atom is 0.251 e. The van der Waals surface area contributed by atoms with E-state index in [-0.39, 0.29) is 5.91 Å². The average Bonchev–Trinajstić information content (AvgIpc) is 2.61. The van der Waals surface area contributed by atoms with Crippen LogP contribution in [0.3, 0.4) is 0 Å². The molecule has 3 nitrogen and oxygen atoms in total. The van der Waals surface area contributed by atoms with Gasteiger partial charge in [-0.25, -0.2) is 0 Å². The van der Waals surface area contributed by atoms with Crippen molar-refractivity contribution in [3.05, 3.63) is 41.6 Å². The molecular weight excluding hydrogens is 176 g/mol. The minimum absolute atomic E-state index is 0.00699. The number of benzene rings is 1. The summed E-state index contributed by atoms with van der Waals surface area (Å²) in [6.07, 6.45) is 1.76. The molecule has 2 heterocycles. The van der Waals surface area contributed by atoms with Crippen LogP contribution < -0.4 is 5.32 Å². The molecule has 2 aromatic rings. The Bertz CT molecular complexity index is 534. The molecule has 0 saturated carbocycles. The van der Waals surface area contributed by atoms with Crippen LogP contribution >= 0.6 is 0 Å². The minimum atomic E-state index is 0.00699. The van der Waals surface area contributed by atoms with Gasteiger partial charge in [-0.15, -0.1) is 0 Å². The zero-order chi connectivity index (χ0) is 9.54. The zero-order valence-electron chi connectivity index (χ0n) is 7.45. The van der Waals surface area contributed by atoms with E-state index in [0.29, 0.717) is 6.54 Å². The second-order valence-corrected chi connectivity index (χ2v) is 3.35.